The molecule has 182 valence electrons. The Morgan fingerprint density at radius 2 is 1.91 bits per heavy atom. The number of aliphatic hydroxyl groups is 1. The summed E-state index contributed by atoms with van der Waals surface area (Å²) in [4.78, 5) is 15.6. The van der Waals surface area contributed by atoms with Crippen molar-refractivity contribution >= 4 is 5.97 Å². The van der Waals surface area contributed by atoms with Crippen LogP contribution in [0.2, 0.25) is 0 Å². The minimum atomic E-state index is -0.742. The molecule has 2 aliphatic rings. The number of hydrogen-bond donors (Lipinski definition) is 2. The highest BCUT2D eigenvalue weighted by Gasteiger charge is 2.59. The van der Waals surface area contributed by atoms with E-state index in [1.165, 1.54) is 6.07 Å². The van der Waals surface area contributed by atoms with Gasteiger partial charge in [0.1, 0.15) is 24.8 Å². The van der Waals surface area contributed by atoms with Crippen LogP contribution in [0, 0.1) is 31.5 Å². The van der Waals surface area contributed by atoms with Crippen molar-refractivity contribution in [1.29, 1.82) is 0 Å². The maximum absolute atomic E-state index is 14.6. The number of benzene rings is 2. The maximum atomic E-state index is 14.6. The predicted octanol–water partition coefficient (Wildman–Crippen LogP) is 4.81. The number of aliphatic carboxylic acids is 1. The molecule has 1 heterocycles. The molecular formula is C28H28FNO5. The van der Waals surface area contributed by atoms with Crippen LogP contribution in [0.1, 0.15) is 40.7 Å². The number of aliphatic hydroxyl groups excluding tert-OH is 1. The van der Waals surface area contributed by atoms with Gasteiger partial charge >= 0.3 is 5.97 Å². The van der Waals surface area contributed by atoms with E-state index >= 15 is 0 Å². The molecule has 2 N–H and O–H groups in total. The topological polar surface area (TPSA) is 88.9 Å². The lowest BCUT2D eigenvalue weighted by molar-refractivity contribution is -0.139. The van der Waals surface area contributed by atoms with Crippen LogP contribution in [0.3, 0.4) is 0 Å². The number of rotatable bonds is 8. The molecule has 7 heteroatoms. The lowest BCUT2D eigenvalue weighted by Crippen LogP contribution is -2.13. The normalized spacial score (nSPS) is 20.7. The summed E-state index contributed by atoms with van der Waals surface area (Å²) in [6.07, 6.45) is 1.87. The number of fused-ring (bicyclic) bond motifs is 3. The maximum Gasteiger partial charge on any atom is 0.307 e. The lowest BCUT2D eigenvalue weighted by Gasteiger charge is -2.16. The Balaban J connectivity index is 1.32. The predicted molar refractivity (Wildman–Crippen MR) is 128 cm³/mol. The monoisotopic (exact) mass is 477 g/mol. The third-order valence-corrected chi connectivity index (χ3v) is 6.98. The quantitative estimate of drug-likeness (QED) is 0.484. The van der Waals surface area contributed by atoms with E-state index in [1.807, 2.05) is 32.0 Å². The van der Waals surface area contributed by atoms with Crippen molar-refractivity contribution in [1.82, 2.24) is 4.98 Å². The summed E-state index contributed by atoms with van der Waals surface area (Å²) in [5, 5.41) is 18.7. The highest BCUT2D eigenvalue weighted by Crippen LogP contribution is 2.61. The van der Waals surface area contributed by atoms with Gasteiger partial charge in [0.15, 0.2) is 0 Å². The Labute approximate surface area is 203 Å². The number of carboxylic acids is 1. The van der Waals surface area contributed by atoms with Crippen molar-refractivity contribution in [2.75, 3.05) is 6.61 Å². The molecule has 1 fully saturated rings. The van der Waals surface area contributed by atoms with E-state index in [2.05, 4.69) is 4.98 Å². The summed E-state index contributed by atoms with van der Waals surface area (Å²) in [5.74, 6) is -0.0726. The van der Waals surface area contributed by atoms with E-state index in [0.29, 0.717) is 17.2 Å². The van der Waals surface area contributed by atoms with Gasteiger partial charge in [-0.05, 0) is 90.8 Å². The minimum Gasteiger partial charge on any atom is -0.491 e. The smallest absolute Gasteiger partial charge is 0.307 e. The molecule has 1 aromatic heterocycles. The summed E-state index contributed by atoms with van der Waals surface area (Å²) < 4.78 is 26.1. The Morgan fingerprint density at radius 3 is 2.60 bits per heavy atom. The zero-order valence-corrected chi connectivity index (χ0v) is 19.9. The fourth-order valence-corrected chi connectivity index (χ4v) is 5.36. The molecule has 0 radical (unpaired) electrons. The highest BCUT2D eigenvalue weighted by molar-refractivity contribution is 5.77. The number of pyridine rings is 1. The Hall–Kier alpha value is -3.45. The molecule has 3 aromatic rings. The zero-order chi connectivity index (χ0) is 24.9. The van der Waals surface area contributed by atoms with Gasteiger partial charge in [-0.25, -0.2) is 9.37 Å². The number of halogens is 1. The van der Waals surface area contributed by atoms with Crippen molar-refractivity contribution in [3.8, 4) is 22.8 Å². The molecule has 4 atom stereocenters. The van der Waals surface area contributed by atoms with Gasteiger partial charge in [0.2, 0.25) is 5.88 Å². The first-order valence-electron chi connectivity index (χ1n) is 11.8. The molecular weight excluding hydrogens is 449 g/mol. The number of ether oxygens (including phenoxy) is 2. The second-order valence-electron chi connectivity index (χ2n) is 9.67. The molecule has 0 spiro atoms. The molecule has 2 aromatic carbocycles. The molecule has 0 bridgehead atoms. The highest BCUT2D eigenvalue weighted by atomic mass is 19.1. The number of hydrogen-bond acceptors (Lipinski definition) is 5. The molecule has 0 saturated heterocycles. The number of nitrogens with zero attached hydrogens (tertiary/aromatic N) is 1. The first kappa shape index (κ1) is 23.3. The number of aryl methyl sites for hydroxylation is 2. The van der Waals surface area contributed by atoms with Crippen LogP contribution < -0.4 is 9.47 Å². The minimum absolute atomic E-state index is 0.0315. The number of carboxylic acid groups (broad SMARTS) is 1. The van der Waals surface area contributed by atoms with E-state index in [4.69, 9.17) is 9.47 Å². The second kappa shape index (κ2) is 8.96. The first-order valence-corrected chi connectivity index (χ1v) is 11.8. The third kappa shape index (κ3) is 4.48. The summed E-state index contributed by atoms with van der Waals surface area (Å²) in [5.41, 5.74) is 6.34. The number of carbonyl (C=O) groups is 1. The van der Waals surface area contributed by atoms with E-state index in [1.54, 1.807) is 25.3 Å². The van der Waals surface area contributed by atoms with Crippen molar-refractivity contribution in [2.45, 2.75) is 45.8 Å². The van der Waals surface area contributed by atoms with Gasteiger partial charge in [-0.15, -0.1) is 0 Å². The Bertz CT molecular complexity index is 1280. The third-order valence-electron chi connectivity index (χ3n) is 6.98. The van der Waals surface area contributed by atoms with Crippen LogP contribution >= 0.6 is 0 Å². The van der Waals surface area contributed by atoms with Gasteiger partial charge < -0.3 is 19.7 Å². The largest absolute Gasteiger partial charge is 0.491 e. The van der Waals surface area contributed by atoms with Crippen LogP contribution in [-0.4, -0.2) is 33.9 Å². The van der Waals surface area contributed by atoms with Crippen LogP contribution in [0.15, 0.2) is 42.6 Å². The van der Waals surface area contributed by atoms with E-state index in [-0.39, 0.29) is 36.8 Å². The van der Waals surface area contributed by atoms with Gasteiger partial charge in [0.05, 0.1) is 12.0 Å². The standard InChI is InChI=1S/C28H28FNO5/c1-14-6-20(34-12-16(3)31)7-15(2)25(14)17-4-5-23(29)19(8-17)13-35-24-10-18-9-21-26(22(18)11-30-24)27(21)28(32)33/h4-8,10-11,16,21,26-27,31H,9,12-13H2,1-3H3,(H,32,33)/t16-,21?,26?,27?/m0/s1. The molecule has 0 amide bonds. The molecule has 3 unspecified atom stereocenters. The average Bonchev–Trinajstić information content (AvgIpc) is 3.40. The van der Waals surface area contributed by atoms with Crippen molar-refractivity contribution in [3.05, 3.63) is 76.2 Å². The van der Waals surface area contributed by atoms with Crippen molar-refractivity contribution < 1.29 is 28.9 Å². The van der Waals surface area contributed by atoms with E-state index in [0.717, 1.165) is 39.8 Å². The number of aromatic nitrogens is 1. The van der Waals surface area contributed by atoms with Crippen LogP contribution in [-0.2, 0) is 17.8 Å². The summed E-state index contributed by atoms with van der Waals surface area (Å²) in [7, 11) is 0. The van der Waals surface area contributed by atoms with Crippen LogP contribution in [0.5, 0.6) is 11.6 Å². The molecule has 35 heavy (non-hydrogen) atoms. The summed E-state index contributed by atoms with van der Waals surface area (Å²) in [6, 6.07) is 10.7. The van der Waals surface area contributed by atoms with Crippen molar-refractivity contribution in [3.63, 3.8) is 0 Å². The molecule has 5 rings (SSSR count). The second-order valence-corrected chi connectivity index (χ2v) is 9.67. The summed E-state index contributed by atoms with van der Waals surface area (Å²) in [6.45, 7) is 5.87. The van der Waals surface area contributed by atoms with E-state index in [9.17, 15) is 19.4 Å². The van der Waals surface area contributed by atoms with Gasteiger partial charge in [-0.2, -0.15) is 0 Å². The van der Waals surface area contributed by atoms with Gasteiger partial charge in [0.25, 0.3) is 0 Å². The van der Waals surface area contributed by atoms with E-state index < -0.39 is 12.1 Å². The lowest BCUT2D eigenvalue weighted by atomic mass is 9.94. The Morgan fingerprint density at radius 1 is 1.17 bits per heavy atom. The fraction of sp³-hybridized carbons (Fsp3) is 0.357. The molecule has 0 aliphatic heterocycles. The van der Waals surface area contributed by atoms with Crippen molar-refractivity contribution in [2.24, 2.45) is 11.8 Å². The van der Waals surface area contributed by atoms with Gasteiger partial charge in [0, 0.05) is 23.7 Å². The summed E-state index contributed by atoms with van der Waals surface area (Å²) >= 11 is 0. The Kier molecular flexibility index (Phi) is 5.97. The van der Waals surface area contributed by atoms with Crippen LogP contribution in [0.25, 0.3) is 11.1 Å². The van der Waals surface area contributed by atoms with Gasteiger partial charge in [-0.3, -0.25) is 4.79 Å². The SMILES string of the molecule is Cc1cc(OC[C@H](C)O)cc(C)c1-c1ccc(F)c(COc2cc3c(cn2)C2C(C3)C2C(=O)O)c1. The fourth-order valence-electron chi connectivity index (χ4n) is 5.36. The first-order chi connectivity index (χ1) is 16.7. The van der Waals surface area contributed by atoms with Gasteiger partial charge in [-0.1, -0.05) is 6.07 Å². The molecule has 2 aliphatic carbocycles. The van der Waals surface area contributed by atoms with Crippen LogP contribution in [0.4, 0.5) is 4.39 Å². The zero-order valence-electron chi connectivity index (χ0n) is 19.9. The molecule has 1 saturated carbocycles. The average molecular weight is 478 g/mol. The molecule has 6 nitrogen and oxygen atoms in total.